The minimum absolute atomic E-state index is 0.676. The first-order valence-electron chi connectivity index (χ1n) is 5.67. The van der Waals surface area contributed by atoms with Crippen LogP contribution in [0.2, 0.25) is 0 Å². The molecule has 0 unspecified atom stereocenters. The van der Waals surface area contributed by atoms with Gasteiger partial charge in [-0.15, -0.1) is 0 Å². The van der Waals surface area contributed by atoms with Crippen molar-refractivity contribution >= 4 is 21.9 Å². The van der Waals surface area contributed by atoms with Gasteiger partial charge in [0, 0.05) is 18.8 Å². The van der Waals surface area contributed by atoms with Crippen LogP contribution in [0.4, 0.5) is 11.4 Å². The van der Waals surface area contributed by atoms with Gasteiger partial charge in [0.1, 0.15) is 0 Å². The largest absolute Gasteiger partial charge is 0.372 e. The van der Waals surface area contributed by atoms with Crippen molar-refractivity contribution in [3.8, 4) is 0 Å². The average Bonchev–Trinajstić information content (AvgIpc) is 2.38. The van der Waals surface area contributed by atoms with E-state index in [1.807, 2.05) is 24.3 Å². The van der Waals surface area contributed by atoms with Gasteiger partial charge in [-0.25, -0.2) is 0 Å². The Labute approximate surface area is 102 Å². The summed E-state index contributed by atoms with van der Waals surface area (Å²) in [5.74, 6) is 0. The van der Waals surface area contributed by atoms with Crippen LogP contribution in [0.5, 0.6) is 0 Å². The molecule has 1 aromatic rings. The van der Waals surface area contributed by atoms with Crippen LogP contribution in [0.15, 0.2) is 28.7 Å². The Morgan fingerprint density at radius 2 is 1.71 bits per heavy atom. The number of hydrogen-bond donors (Lipinski definition) is 1. The molecule has 5 nitrogen and oxygen atoms in total. The summed E-state index contributed by atoms with van der Waals surface area (Å²) >= 11 is 0. The lowest BCUT2D eigenvalue weighted by atomic mass is 10.1. The molecule has 0 atom stereocenters. The first-order chi connectivity index (χ1) is 8.25. The topological polar surface area (TPSA) is 61.8 Å². The molecule has 1 heterocycles. The highest BCUT2D eigenvalue weighted by atomic mass is 32.2. The van der Waals surface area contributed by atoms with E-state index in [1.165, 1.54) is 24.9 Å². The maximum atomic E-state index is 10.2. The van der Waals surface area contributed by atoms with Gasteiger partial charge in [0.2, 0.25) is 0 Å². The highest BCUT2D eigenvalue weighted by Gasteiger charge is 2.10. The summed E-state index contributed by atoms with van der Waals surface area (Å²) in [7, 11) is -2.42. The zero-order valence-corrected chi connectivity index (χ0v) is 10.3. The van der Waals surface area contributed by atoms with Crippen LogP contribution in [0.3, 0.4) is 0 Å². The van der Waals surface area contributed by atoms with E-state index in [9.17, 15) is 8.42 Å². The minimum Gasteiger partial charge on any atom is -0.372 e. The fourth-order valence-electron chi connectivity index (χ4n) is 1.99. The van der Waals surface area contributed by atoms with E-state index >= 15 is 0 Å². The Balaban J connectivity index is 2.04. The van der Waals surface area contributed by atoms with E-state index < -0.39 is 10.5 Å². The molecule has 0 amide bonds. The Bertz CT molecular complexity index is 482. The maximum absolute atomic E-state index is 10.2. The third-order valence-corrected chi connectivity index (χ3v) is 3.08. The van der Waals surface area contributed by atoms with E-state index in [4.69, 9.17) is 0 Å². The lowest BCUT2D eigenvalue weighted by Gasteiger charge is -2.28. The van der Waals surface area contributed by atoms with Gasteiger partial charge in [-0.2, -0.15) is 8.42 Å². The van der Waals surface area contributed by atoms with E-state index in [0.29, 0.717) is 5.69 Å². The normalized spacial score (nSPS) is 15.4. The fourth-order valence-corrected chi connectivity index (χ4v) is 2.17. The van der Waals surface area contributed by atoms with Gasteiger partial charge in [0.25, 0.3) is 0 Å². The predicted octanol–water partition coefficient (Wildman–Crippen LogP) is 2.07. The highest BCUT2D eigenvalue weighted by Crippen LogP contribution is 2.21. The van der Waals surface area contributed by atoms with Crippen LogP contribution in [-0.2, 0) is 10.5 Å². The molecule has 17 heavy (non-hydrogen) atoms. The first-order valence-corrected chi connectivity index (χ1v) is 6.70. The molecule has 1 saturated heterocycles. The van der Waals surface area contributed by atoms with Gasteiger partial charge in [-0.3, -0.25) is 5.43 Å². The Morgan fingerprint density at radius 3 is 2.29 bits per heavy atom. The second kappa shape index (κ2) is 5.67. The molecule has 0 saturated carbocycles. The first kappa shape index (κ1) is 11.9. The molecule has 0 aliphatic carbocycles. The molecule has 0 bridgehead atoms. The molecule has 1 aliphatic rings. The lowest BCUT2D eigenvalue weighted by Crippen LogP contribution is -2.29. The van der Waals surface area contributed by atoms with Crippen molar-refractivity contribution in [1.29, 1.82) is 0 Å². The van der Waals surface area contributed by atoms with Crippen LogP contribution in [0.25, 0.3) is 0 Å². The quantitative estimate of drug-likeness (QED) is 0.838. The number of nitrogens with zero attached hydrogens (tertiary/aromatic N) is 2. The van der Waals surface area contributed by atoms with Gasteiger partial charge < -0.3 is 4.90 Å². The highest BCUT2D eigenvalue weighted by molar-refractivity contribution is 7.61. The molecular formula is C11H15N3O2S. The number of rotatable bonds is 3. The summed E-state index contributed by atoms with van der Waals surface area (Å²) in [6.45, 7) is 2.20. The van der Waals surface area contributed by atoms with E-state index in [0.717, 1.165) is 13.1 Å². The predicted molar refractivity (Wildman–Crippen MR) is 67.5 cm³/mol. The average molecular weight is 253 g/mol. The molecule has 92 valence electrons. The summed E-state index contributed by atoms with van der Waals surface area (Å²) < 4.78 is 23.7. The van der Waals surface area contributed by atoms with Crippen LogP contribution in [0.1, 0.15) is 19.3 Å². The molecule has 1 aliphatic heterocycles. The summed E-state index contributed by atoms with van der Waals surface area (Å²) in [4.78, 5) is 2.34. The molecule has 1 aromatic carbocycles. The van der Waals surface area contributed by atoms with Gasteiger partial charge in [0.15, 0.2) is 0 Å². The number of benzene rings is 1. The molecule has 1 fully saturated rings. The second-order valence-corrected chi connectivity index (χ2v) is 4.63. The van der Waals surface area contributed by atoms with Crippen molar-refractivity contribution < 1.29 is 8.42 Å². The summed E-state index contributed by atoms with van der Waals surface area (Å²) in [6, 6.07) is 7.63. The van der Waals surface area contributed by atoms with Crippen LogP contribution in [0, 0.1) is 0 Å². The molecular weight excluding hydrogens is 238 g/mol. The molecule has 2 rings (SSSR count). The van der Waals surface area contributed by atoms with Crippen LogP contribution >= 0.6 is 0 Å². The van der Waals surface area contributed by atoms with Crippen molar-refractivity contribution in [3.05, 3.63) is 24.3 Å². The van der Waals surface area contributed by atoms with Crippen LogP contribution in [-0.4, -0.2) is 21.5 Å². The molecule has 0 radical (unpaired) electrons. The smallest absolute Gasteiger partial charge is 0.332 e. The molecule has 0 aromatic heterocycles. The zero-order chi connectivity index (χ0) is 12.1. The van der Waals surface area contributed by atoms with Crippen molar-refractivity contribution in [2.45, 2.75) is 19.3 Å². The number of nitrogens with one attached hydrogen (secondary N) is 1. The maximum Gasteiger partial charge on any atom is 0.332 e. The fraction of sp³-hybridized carbons (Fsp3) is 0.455. The standard InChI is InChI=1S/C11H15N3O2S/c15-17(16)13-12-10-4-6-11(7-5-10)14-8-2-1-3-9-14/h4-7,12H,1-3,8-9H2. The number of piperidine rings is 1. The molecule has 6 heteroatoms. The summed E-state index contributed by atoms with van der Waals surface area (Å²) in [5, 5.41) is 0. The van der Waals surface area contributed by atoms with Crippen molar-refractivity contribution in [2.75, 3.05) is 23.4 Å². The monoisotopic (exact) mass is 253 g/mol. The van der Waals surface area contributed by atoms with Crippen molar-refractivity contribution in [2.24, 2.45) is 4.47 Å². The lowest BCUT2D eigenvalue weighted by molar-refractivity contribution is 0.578. The summed E-state index contributed by atoms with van der Waals surface area (Å²) in [6.07, 6.45) is 3.79. The van der Waals surface area contributed by atoms with E-state index in [2.05, 4.69) is 14.8 Å². The van der Waals surface area contributed by atoms with E-state index in [-0.39, 0.29) is 0 Å². The number of hydrogen-bond acceptors (Lipinski definition) is 4. The second-order valence-electron chi connectivity index (χ2n) is 4.01. The van der Waals surface area contributed by atoms with Gasteiger partial charge in [0.05, 0.1) is 5.69 Å². The molecule has 1 N–H and O–H groups in total. The third kappa shape index (κ3) is 3.45. The zero-order valence-electron chi connectivity index (χ0n) is 9.46. The van der Waals surface area contributed by atoms with Gasteiger partial charge >= 0.3 is 10.5 Å². The van der Waals surface area contributed by atoms with Gasteiger partial charge in [-0.1, -0.05) is 4.47 Å². The Morgan fingerprint density at radius 1 is 1.06 bits per heavy atom. The van der Waals surface area contributed by atoms with Crippen molar-refractivity contribution in [3.63, 3.8) is 0 Å². The Kier molecular flexibility index (Phi) is 3.98. The van der Waals surface area contributed by atoms with Crippen molar-refractivity contribution in [1.82, 2.24) is 0 Å². The minimum atomic E-state index is -2.42. The van der Waals surface area contributed by atoms with E-state index in [1.54, 1.807) is 0 Å². The SMILES string of the molecule is O=S(=O)=NNc1ccc(N2CCCCC2)cc1. The Hall–Kier alpha value is -1.56. The van der Waals surface area contributed by atoms with Crippen LogP contribution < -0.4 is 10.3 Å². The summed E-state index contributed by atoms with van der Waals surface area (Å²) in [5.41, 5.74) is 4.32. The number of anilines is 2. The third-order valence-electron chi connectivity index (χ3n) is 2.84. The molecule has 0 spiro atoms. The van der Waals surface area contributed by atoms with Gasteiger partial charge in [-0.05, 0) is 43.5 Å².